The molecule has 1 aromatic carbocycles. The molecule has 1 fully saturated rings. The van der Waals surface area contributed by atoms with Crippen molar-refractivity contribution in [2.75, 3.05) is 0 Å². The Bertz CT molecular complexity index is 350. The summed E-state index contributed by atoms with van der Waals surface area (Å²) in [6.07, 6.45) is 3.53. The minimum absolute atomic E-state index is 0. The van der Waals surface area contributed by atoms with Crippen molar-refractivity contribution in [1.29, 1.82) is 0 Å². The molecule has 4 heteroatoms. The first-order valence-electron chi connectivity index (χ1n) is 5.88. The van der Waals surface area contributed by atoms with Gasteiger partial charge < -0.3 is 5.32 Å². The summed E-state index contributed by atoms with van der Waals surface area (Å²) >= 11 is 0. The first-order valence-corrected chi connectivity index (χ1v) is 5.88. The van der Waals surface area contributed by atoms with Crippen molar-refractivity contribution in [2.45, 2.75) is 38.8 Å². The van der Waals surface area contributed by atoms with Crippen molar-refractivity contribution >= 4 is 12.4 Å². The standard InChI is InChI=1S/C13H17F2N.ClH/c1-2-4-9-7-13(9)16-8-10-11(14)5-3-6-12(10)15;/h3,5-6,9,13,16H,2,4,7-8H2,1H3;1H. The predicted octanol–water partition coefficient (Wildman–Crippen LogP) is 3.66. The third-order valence-corrected chi connectivity index (χ3v) is 3.18. The summed E-state index contributed by atoms with van der Waals surface area (Å²) < 4.78 is 26.6. The van der Waals surface area contributed by atoms with Gasteiger partial charge in [-0.25, -0.2) is 8.78 Å². The molecule has 0 aromatic heterocycles. The van der Waals surface area contributed by atoms with Crippen LogP contribution in [0.2, 0.25) is 0 Å². The third-order valence-electron chi connectivity index (χ3n) is 3.18. The average Bonchev–Trinajstić information content (AvgIpc) is 2.97. The lowest BCUT2D eigenvalue weighted by molar-refractivity contribution is 0.524. The highest BCUT2D eigenvalue weighted by atomic mass is 35.5. The Balaban J connectivity index is 0.00000144. The highest BCUT2D eigenvalue weighted by Gasteiger charge is 2.35. The quantitative estimate of drug-likeness (QED) is 0.853. The monoisotopic (exact) mass is 261 g/mol. The summed E-state index contributed by atoms with van der Waals surface area (Å²) in [4.78, 5) is 0. The van der Waals surface area contributed by atoms with E-state index in [2.05, 4.69) is 12.2 Å². The van der Waals surface area contributed by atoms with E-state index in [0.717, 1.165) is 6.42 Å². The molecular weight excluding hydrogens is 244 g/mol. The molecular formula is C13H18ClF2N. The lowest BCUT2D eigenvalue weighted by Gasteiger charge is -2.06. The van der Waals surface area contributed by atoms with Crippen LogP contribution < -0.4 is 5.32 Å². The minimum atomic E-state index is -0.458. The summed E-state index contributed by atoms with van der Waals surface area (Å²) in [6, 6.07) is 4.46. The number of benzene rings is 1. The van der Waals surface area contributed by atoms with Gasteiger partial charge in [-0.3, -0.25) is 0 Å². The van der Waals surface area contributed by atoms with Gasteiger partial charge in [0.25, 0.3) is 0 Å². The van der Waals surface area contributed by atoms with Crippen LogP contribution in [-0.4, -0.2) is 6.04 Å². The minimum Gasteiger partial charge on any atom is -0.309 e. The lowest BCUT2D eigenvalue weighted by atomic mass is 10.2. The first kappa shape index (κ1) is 14.4. The van der Waals surface area contributed by atoms with Gasteiger partial charge in [-0.15, -0.1) is 12.4 Å². The van der Waals surface area contributed by atoms with E-state index in [-0.39, 0.29) is 18.0 Å². The largest absolute Gasteiger partial charge is 0.309 e. The highest BCUT2D eigenvalue weighted by molar-refractivity contribution is 5.85. The van der Waals surface area contributed by atoms with Crippen molar-refractivity contribution in [1.82, 2.24) is 5.32 Å². The molecule has 0 spiro atoms. The van der Waals surface area contributed by atoms with E-state index in [4.69, 9.17) is 0 Å². The van der Waals surface area contributed by atoms with Gasteiger partial charge in [0.05, 0.1) is 0 Å². The Hall–Kier alpha value is -0.670. The summed E-state index contributed by atoms with van der Waals surface area (Å²) in [7, 11) is 0. The third kappa shape index (κ3) is 3.65. The molecule has 2 rings (SSSR count). The average molecular weight is 262 g/mol. The smallest absolute Gasteiger partial charge is 0.130 e. The fourth-order valence-electron chi connectivity index (χ4n) is 2.12. The molecule has 96 valence electrons. The normalized spacial score (nSPS) is 22.1. The maximum atomic E-state index is 13.3. The first-order chi connectivity index (χ1) is 7.72. The van der Waals surface area contributed by atoms with Gasteiger partial charge in [0.1, 0.15) is 11.6 Å². The molecule has 0 saturated heterocycles. The summed E-state index contributed by atoms with van der Waals surface area (Å²) in [6.45, 7) is 2.45. The van der Waals surface area contributed by atoms with E-state index >= 15 is 0 Å². The lowest BCUT2D eigenvalue weighted by Crippen LogP contribution is -2.19. The second-order valence-corrected chi connectivity index (χ2v) is 4.47. The van der Waals surface area contributed by atoms with Gasteiger partial charge in [-0.1, -0.05) is 19.4 Å². The fourth-order valence-corrected chi connectivity index (χ4v) is 2.12. The molecule has 1 aliphatic carbocycles. The maximum absolute atomic E-state index is 13.3. The van der Waals surface area contributed by atoms with Gasteiger partial charge in [-0.05, 0) is 30.9 Å². The van der Waals surface area contributed by atoms with Crippen molar-refractivity contribution in [3.8, 4) is 0 Å². The molecule has 1 saturated carbocycles. The Labute approximate surface area is 107 Å². The highest BCUT2D eigenvalue weighted by Crippen LogP contribution is 2.34. The van der Waals surface area contributed by atoms with E-state index < -0.39 is 11.6 Å². The fraction of sp³-hybridized carbons (Fsp3) is 0.538. The SMILES string of the molecule is CCCC1CC1NCc1c(F)cccc1F.Cl. The topological polar surface area (TPSA) is 12.0 Å². The van der Waals surface area contributed by atoms with Gasteiger partial charge in [-0.2, -0.15) is 0 Å². The van der Waals surface area contributed by atoms with E-state index in [1.165, 1.54) is 31.0 Å². The van der Waals surface area contributed by atoms with Crippen LogP contribution in [0.4, 0.5) is 8.78 Å². The Morgan fingerprint density at radius 3 is 2.53 bits per heavy atom. The number of nitrogens with one attached hydrogen (secondary N) is 1. The summed E-state index contributed by atoms with van der Waals surface area (Å²) in [5, 5.41) is 3.21. The number of hydrogen-bond donors (Lipinski definition) is 1. The number of halogens is 3. The van der Waals surface area contributed by atoms with Crippen LogP contribution in [0.25, 0.3) is 0 Å². The van der Waals surface area contributed by atoms with Crippen LogP contribution in [0.3, 0.4) is 0 Å². The van der Waals surface area contributed by atoms with E-state index in [1.54, 1.807) is 0 Å². The van der Waals surface area contributed by atoms with E-state index in [1.807, 2.05) is 0 Å². The molecule has 17 heavy (non-hydrogen) atoms. The van der Waals surface area contributed by atoms with E-state index in [9.17, 15) is 8.78 Å². The summed E-state index contributed by atoms with van der Waals surface area (Å²) in [5.41, 5.74) is 0.157. The number of hydrogen-bond acceptors (Lipinski definition) is 1. The molecule has 0 amide bonds. The van der Waals surface area contributed by atoms with Crippen LogP contribution in [0.5, 0.6) is 0 Å². The molecule has 0 bridgehead atoms. The van der Waals surface area contributed by atoms with Crippen LogP contribution in [0.15, 0.2) is 18.2 Å². The Morgan fingerprint density at radius 2 is 1.94 bits per heavy atom. The van der Waals surface area contributed by atoms with Crippen LogP contribution in [0, 0.1) is 17.6 Å². The summed E-state index contributed by atoms with van der Waals surface area (Å²) in [5.74, 6) is -0.208. The zero-order valence-electron chi connectivity index (χ0n) is 9.88. The van der Waals surface area contributed by atoms with Crippen molar-refractivity contribution in [2.24, 2.45) is 5.92 Å². The van der Waals surface area contributed by atoms with Crippen molar-refractivity contribution in [3.05, 3.63) is 35.4 Å². The zero-order valence-corrected chi connectivity index (χ0v) is 10.7. The molecule has 1 aliphatic rings. The van der Waals surface area contributed by atoms with Gasteiger partial charge in [0.15, 0.2) is 0 Å². The van der Waals surface area contributed by atoms with Gasteiger partial charge >= 0.3 is 0 Å². The predicted molar refractivity (Wildman–Crippen MR) is 67.2 cm³/mol. The second kappa shape index (κ2) is 6.31. The Morgan fingerprint density at radius 1 is 1.29 bits per heavy atom. The van der Waals surface area contributed by atoms with Crippen LogP contribution in [-0.2, 0) is 6.54 Å². The molecule has 2 unspecified atom stereocenters. The van der Waals surface area contributed by atoms with Crippen LogP contribution >= 0.6 is 12.4 Å². The molecule has 0 heterocycles. The van der Waals surface area contributed by atoms with E-state index in [0.29, 0.717) is 18.5 Å². The second-order valence-electron chi connectivity index (χ2n) is 4.47. The molecule has 0 radical (unpaired) electrons. The van der Waals surface area contributed by atoms with Gasteiger partial charge in [0.2, 0.25) is 0 Å². The van der Waals surface area contributed by atoms with Crippen molar-refractivity contribution in [3.63, 3.8) is 0 Å². The van der Waals surface area contributed by atoms with Crippen LogP contribution in [0.1, 0.15) is 31.7 Å². The molecule has 1 nitrogen and oxygen atoms in total. The molecule has 0 aliphatic heterocycles. The Kier molecular flexibility index (Phi) is 5.34. The number of rotatable bonds is 5. The molecule has 1 aromatic rings. The molecule has 2 atom stereocenters. The molecule has 1 N–H and O–H groups in total. The van der Waals surface area contributed by atoms with Gasteiger partial charge in [0, 0.05) is 18.2 Å². The zero-order chi connectivity index (χ0) is 11.5. The van der Waals surface area contributed by atoms with Crippen molar-refractivity contribution < 1.29 is 8.78 Å². The maximum Gasteiger partial charge on any atom is 0.130 e.